The highest BCUT2D eigenvalue weighted by Crippen LogP contribution is 2.17. The molecule has 0 aliphatic carbocycles. The lowest BCUT2D eigenvalue weighted by atomic mass is 10.0. The molecule has 1 amide bonds. The third kappa shape index (κ3) is 4.70. The van der Waals surface area contributed by atoms with Crippen molar-refractivity contribution in [2.45, 2.75) is 38.6 Å². The first-order chi connectivity index (χ1) is 10.2. The molecule has 1 saturated heterocycles. The topological polar surface area (TPSA) is 71.2 Å². The number of rotatable bonds is 6. The highest BCUT2D eigenvalue weighted by Gasteiger charge is 2.23. The minimum Gasteiger partial charge on any atom is -0.356 e. The van der Waals surface area contributed by atoms with Crippen molar-refractivity contribution < 1.29 is 4.79 Å². The Labute approximate surface area is 126 Å². The first kappa shape index (κ1) is 15.8. The molecular weight excluding hydrogens is 264 g/mol. The minimum absolute atomic E-state index is 0.0577. The van der Waals surface area contributed by atoms with E-state index in [0.29, 0.717) is 6.54 Å². The maximum absolute atomic E-state index is 12.1. The summed E-state index contributed by atoms with van der Waals surface area (Å²) >= 11 is 0. The highest BCUT2D eigenvalue weighted by molar-refractivity contribution is 5.78. The number of carbonyl (C=O) groups is 1. The molecule has 2 rings (SSSR count). The summed E-state index contributed by atoms with van der Waals surface area (Å²) in [6, 6.07) is 6.26. The summed E-state index contributed by atoms with van der Waals surface area (Å²) in [5, 5.41) is 3.17. The maximum Gasteiger partial charge on any atom is 0.223 e. The monoisotopic (exact) mass is 290 g/mol. The lowest BCUT2D eigenvalue weighted by Crippen LogP contribution is -2.46. The third-order valence-corrected chi connectivity index (χ3v) is 4.10. The number of hydrogen-bond acceptors (Lipinski definition) is 4. The number of nitrogens with one attached hydrogen (secondary N) is 1. The highest BCUT2D eigenvalue weighted by atomic mass is 16.1. The summed E-state index contributed by atoms with van der Waals surface area (Å²) in [5.74, 6) is 1.25. The standard InChI is InChI=1S/C16H26N4O/c1-13(5-4-9-17)16(21)19-14-7-11-20(12-8-14)15-6-2-3-10-18-15/h2-3,6,10,13-14H,4-5,7-9,11-12,17H2,1H3,(H,19,21). The number of nitrogens with two attached hydrogens (primary N) is 1. The first-order valence-electron chi connectivity index (χ1n) is 7.87. The van der Waals surface area contributed by atoms with Crippen molar-refractivity contribution in [2.75, 3.05) is 24.5 Å². The molecule has 2 heterocycles. The largest absolute Gasteiger partial charge is 0.356 e. The second-order valence-corrected chi connectivity index (χ2v) is 5.79. The van der Waals surface area contributed by atoms with E-state index in [1.807, 2.05) is 31.3 Å². The lowest BCUT2D eigenvalue weighted by molar-refractivity contribution is -0.125. The summed E-state index contributed by atoms with van der Waals surface area (Å²) in [5.41, 5.74) is 5.49. The van der Waals surface area contributed by atoms with Crippen LogP contribution in [0.1, 0.15) is 32.6 Å². The molecule has 1 atom stereocenters. The zero-order valence-electron chi connectivity index (χ0n) is 12.8. The molecule has 1 aliphatic heterocycles. The van der Waals surface area contributed by atoms with E-state index < -0.39 is 0 Å². The molecule has 5 nitrogen and oxygen atoms in total. The van der Waals surface area contributed by atoms with E-state index in [-0.39, 0.29) is 17.9 Å². The molecule has 0 bridgehead atoms. The molecule has 0 aromatic carbocycles. The second-order valence-electron chi connectivity index (χ2n) is 5.79. The van der Waals surface area contributed by atoms with Gasteiger partial charge in [0.2, 0.25) is 5.91 Å². The first-order valence-corrected chi connectivity index (χ1v) is 7.87. The molecule has 1 aliphatic rings. The minimum atomic E-state index is 0.0577. The molecule has 5 heteroatoms. The molecule has 116 valence electrons. The Hall–Kier alpha value is -1.62. The lowest BCUT2D eigenvalue weighted by Gasteiger charge is -2.33. The number of nitrogens with zero attached hydrogens (tertiary/aromatic N) is 2. The molecular formula is C16H26N4O. The summed E-state index contributed by atoms with van der Waals surface area (Å²) in [6.07, 6.45) is 5.56. The van der Waals surface area contributed by atoms with Crippen LogP contribution in [-0.2, 0) is 4.79 Å². The number of pyridine rings is 1. The van der Waals surface area contributed by atoms with Crippen molar-refractivity contribution in [2.24, 2.45) is 11.7 Å². The van der Waals surface area contributed by atoms with Crippen molar-refractivity contribution in [1.29, 1.82) is 0 Å². The number of anilines is 1. The fourth-order valence-corrected chi connectivity index (χ4v) is 2.69. The van der Waals surface area contributed by atoms with Crippen LogP contribution in [0.25, 0.3) is 0 Å². The van der Waals surface area contributed by atoms with E-state index in [2.05, 4.69) is 15.2 Å². The van der Waals surface area contributed by atoms with Crippen LogP contribution in [0.4, 0.5) is 5.82 Å². The van der Waals surface area contributed by atoms with Crippen molar-refractivity contribution in [3.63, 3.8) is 0 Å². The summed E-state index contributed by atoms with van der Waals surface area (Å²) in [6.45, 7) is 4.52. The van der Waals surface area contributed by atoms with Crippen LogP contribution >= 0.6 is 0 Å². The van der Waals surface area contributed by atoms with E-state index >= 15 is 0 Å². The van der Waals surface area contributed by atoms with Gasteiger partial charge in [-0.15, -0.1) is 0 Å². The van der Waals surface area contributed by atoms with Gasteiger partial charge in [0.25, 0.3) is 0 Å². The molecule has 0 spiro atoms. The SMILES string of the molecule is CC(CCCN)C(=O)NC1CCN(c2ccccn2)CC1. The molecule has 0 saturated carbocycles. The molecule has 1 unspecified atom stereocenters. The van der Waals surface area contributed by atoms with Crippen molar-refractivity contribution in [3.8, 4) is 0 Å². The molecule has 0 radical (unpaired) electrons. The average Bonchev–Trinajstić information content (AvgIpc) is 2.54. The van der Waals surface area contributed by atoms with E-state index in [9.17, 15) is 4.79 Å². The molecule has 1 aromatic rings. The summed E-state index contributed by atoms with van der Waals surface area (Å²) in [4.78, 5) is 18.7. The number of piperidine rings is 1. The number of carbonyl (C=O) groups excluding carboxylic acids is 1. The van der Waals surface area contributed by atoms with Gasteiger partial charge in [-0.1, -0.05) is 13.0 Å². The van der Waals surface area contributed by atoms with Gasteiger partial charge in [0.05, 0.1) is 0 Å². The van der Waals surface area contributed by atoms with Crippen molar-refractivity contribution >= 4 is 11.7 Å². The van der Waals surface area contributed by atoms with Crippen molar-refractivity contribution in [1.82, 2.24) is 10.3 Å². The fourth-order valence-electron chi connectivity index (χ4n) is 2.69. The predicted molar refractivity (Wildman–Crippen MR) is 85.1 cm³/mol. The summed E-state index contributed by atoms with van der Waals surface area (Å²) < 4.78 is 0. The van der Waals surface area contributed by atoms with Crippen LogP contribution in [0.5, 0.6) is 0 Å². The van der Waals surface area contributed by atoms with E-state index in [0.717, 1.165) is 44.6 Å². The van der Waals surface area contributed by atoms with Gasteiger partial charge in [-0.2, -0.15) is 0 Å². The van der Waals surface area contributed by atoms with Gasteiger partial charge in [-0.05, 0) is 44.4 Å². The number of aromatic nitrogens is 1. The van der Waals surface area contributed by atoms with Crippen LogP contribution in [0, 0.1) is 5.92 Å². The van der Waals surface area contributed by atoms with Crippen LogP contribution < -0.4 is 16.0 Å². The zero-order chi connectivity index (χ0) is 15.1. The Kier molecular flexibility index (Phi) is 5.99. The quantitative estimate of drug-likeness (QED) is 0.833. The third-order valence-electron chi connectivity index (χ3n) is 4.10. The number of amides is 1. The van der Waals surface area contributed by atoms with Gasteiger partial charge >= 0.3 is 0 Å². The van der Waals surface area contributed by atoms with Crippen molar-refractivity contribution in [3.05, 3.63) is 24.4 Å². The van der Waals surface area contributed by atoms with E-state index in [1.165, 1.54) is 0 Å². The van der Waals surface area contributed by atoms with Crippen LogP contribution in [0.15, 0.2) is 24.4 Å². The Balaban J connectivity index is 1.75. The Morgan fingerprint density at radius 1 is 1.48 bits per heavy atom. The van der Waals surface area contributed by atoms with Crippen LogP contribution in [-0.4, -0.2) is 36.6 Å². The van der Waals surface area contributed by atoms with Gasteiger partial charge in [-0.25, -0.2) is 4.98 Å². The Morgan fingerprint density at radius 2 is 2.24 bits per heavy atom. The van der Waals surface area contributed by atoms with Gasteiger partial charge in [0, 0.05) is 31.2 Å². The fraction of sp³-hybridized carbons (Fsp3) is 0.625. The van der Waals surface area contributed by atoms with Gasteiger partial charge < -0.3 is 16.0 Å². The van der Waals surface area contributed by atoms with Gasteiger partial charge in [-0.3, -0.25) is 4.79 Å². The molecule has 3 N–H and O–H groups in total. The second kappa shape index (κ2) is 7.98. The number of hydrogen-bond donors (Lipinski definition) is 2. The Morgan fingerprint density at radius 3 is 2.86 bits per heavy atom. The summed E-state index contributed by atoms with van der Waals surface area (Å²) in [7, 11) is 0. The van der Waals surface area contributed by atoms with Gasteiger partial charge in [0.1, 0.15) is 5.82 Å². The van der Waals surface area contributed by atoms with Crippen LogP contribution in [0.2, 0.25) is 0 Å². The van der Waals surface area contributed by atoms with E-state index in [4.69, 9.17) is 5.73 Å². The van der Waals surface area contributed by atoms with Gasteiger partial charge in [0.15, 0.2) is 0 Å². The smallest absolute Gasteiger partial charge is 0.223 e. The zero-order valence-corrected chi connectivity index (χ0v) is 12.8. The maximum atomic E-state index is 12.1. The Bertz CT molecular complexity index is 429. The molecule has 1 fully saturated rings. The molecule has 1 aromatic heterocycles. The van der Waals surface area contributed by atoms with E-state index in [1.54, 1.807) is 0 Å². The predicted octanol–water partition coefficient (Wildman–Crippen LogP) is 1.54. The molecule has 21 heavy (non-hydrogen) atoms. The average molecular weight is 290 g/mol. The normalized spacial score (nSPS) is 17.5. The van der Waals surface area contributed by atoms with Crippen LogP contribution in [0.3, 0.4) is 0 Å².